The molecule has 2 aromatic heterocycles. The standard InChI is InChI=1S/C12H16N4O3S.ClH/c1-8(7-13)14-11(17)10-9-5-3-4-6-16(9)12(15-10)20(2,18)19;/h3-6,8H,7,13H2,1-2H3,(H,14,17);1H/t8-;/m0./s1. The molecule has 116 valence electrons. The topological polar surface area (TPSA) is 107 Å². The molecule has 0 unspecified atom stereocenters. The highest BCUT2D eigenvalue weighted by atomic mass is 35.5. The van der Waals surface area contributed by atoms with Gasteiger partial charge in [-0.15, -0.1) is 12.4 Å². The number of nitrogens with zero attached hydrogens (tertiary/aromatic N) is 2. The number of carbonyl (C=O) groups is 1. The van der Waals surface area contributed by atoms with Gasteiger partial charge in [-0.3, -0.25) is 9.20 Å². The van der Waals surface area contributed by atoms with Crippen molar-refractivity contribution in [3.63, 3.8) is 0 Å². The average Bonchev–Trinajstić information content (AvgIpc) is 2.78. The molecule has 7 nitrogen and oxygen atoms in total. The number of fused-ring (bicyclic) bond motifs is 1. The molecule has 0 radical (unpaired) electrons. The van der Waals surface area contributed by atoms with E-state index in [0.717, 1.165) is 6.26 Å². The predicted molar refractivity (Wildman–Crippen MR) is 81.5 cm³/mol. The summed E-state index contributed by atoms with van der Waals surface area (Å²) in [6, 6.07) is 4.81. The minimum Gasteiger partial charge on any atom is -0.347 e. The lowest BCUT2D eigenvalue weighted by Gasteiger charge is -2.09. The minimum absolute atomic E-state index is 0. The van der Waals surface area contributed by atoms with Gasteiger partial charge in [-0.2, -0.15) is 0 Å². The number of hydrogen-bond acceptors (Lipinski definition) is 5. The van der Waals surface area contributed by atoms with Crippen molar-refractivity contribution in [2.45, 2.75) is 18.1 Å². The van der Waals surface area contributed by atoms with E-state index in [1.807, 2.05) is 0 Å². The summed E-state index contributed by atoms with van der Waals surface area (Å²) in [5.41, 5.74) is 5.96. The molecule has 1 atom stereocenters. The summed E-state index contributed by atoms with van der Waals surface area (Å²) in [7, 11) is -3.53. The summed E-state index contributed by atoms with van der Waals surface area (Å²) in [5, 5.41) is 2.51. The lowest BCUT2D eigenvalue weighted by Crippen LogP contribution is -2.38. The Bertz CT molecular complexity index is 757. The maximum Gasteiger partial charge on any atom is 0.272 e. The Kier molecular flexibility index (Phi) is 5.32. The largest absolute Gasteiger partial charge is 0.347 e. The molecule has 21 heavy (non-hydrogen) atoms. The second-order valence-electron chi connectivity index (χ2n) is 4.58. The SMILES string of the molecule is C[C@@H](CN)NC(=O)c1nc(S(C)(=O)=O)n2ccccc12.Cl. The van der Waals surface area contributed by atoms with Crippen LogP contribution >= 0.6 is 12.4 Å². The fourth-order valence-electron chi connectivity index (χ4n) is 1.79. The van der Waals surface area contributed by atoms with Crippen LogP contribution in [0.5, 0.6) is 0 Å². The number of carbonyl (C=O) groups excluding carboxylic acids is 1. The van der Waals surface area contributed by atoms with Crippen LogP contribution in [0.25, 0.3) is 5.52 Å². The fourth-order valence-corrected chi connectivity index (χ4v) is 2.56. The first-order valence-electron chi connectivity index (χ1n) is 6.02. The quantitative estimate of drug-likeness (QED) is 0.834. The summed E-state index contributed by atoms with van der Waals surface area (Å²) >= 11 is 0. The normalized spacial score (nSPS) is 12.7. The molecule has 0 aliphatic heterocycles. The second-order valence-corrected chi connectivity index (χ2v) is 6.49. The fraction of sp³-hybridized carbons (Fsp3) is 0.333. The Balaban J connectivity index is 0.00000220. The Morgan fingerprint density at radius 1 is 1.48 bits per heavy atom. The summed E-state index contributed by atoms with van der Waals surface area (Å²) in [6.45, 7) is 2.05. The molecule has 2 rings (SSSR count). The molecule has 2 aromatic rings. The Hall–Kier alpha value is -1.64. The molecule has 0 spiro atoms. The van der Waals surface area contributed by atoms with Crippen molar-refractivity contribution >= 4 is 33.7 Å². The molecule has 0 saturated carbocycles. The van der Waals surface area contributed by atoms with Gasteiger partial charge in [-0.25, -0.2) is 13.4 Å². The smallest absolute Gasteiger partial charge is 0.272 e. The monoisotopic (exact) mass is 332 g/mol. The van der Waals surface area contributed by atoms with E-state index in [-0.39, 0.29) is 35.8 Å². The second kappa shape index (κ2) is 6.42. The van der Waals surface area contributed by atoms with Crippen molar-refractivity contribution in [3.05, 3.63) is 30.1 Å². The van der Waals surface area contributed by atoms with E-state index in [1.165, 1.54) is 4.40 Å². The summed E-state index contributed by atoms with van der Waals surface area (Å²) < 4.78 is 24.8. The van der Waals surface area contributed by atoms with Crippen LogP contribution in [0.15, 0.2) is 29.6 Å². The number of nitrogens with two attached hydrogens (primary N) is 1. The first kappa shape index (κ1) is 17.4. The van der Waals surface area contributed by atoms with Gasteiger partial charge in [0.1, 0.15) is 0 Å². The van der Waals surface area contributed by atoms with E-state index in [9.17, 15) is 13.2 Å². The zero-order valence-electron chi connectivity index (χ0n) is 11.6. The van der Waals surface area contributed by atoms with Gasteiger partial charge in [0.2, 0.25) is 15.0 Å². The lowest BCUT2D eigenvalue weighted by molar-refractivity contribution is 0.0938. The van der Waals surface area contributed by atoms with E-state index in [0.29, 0.717) is 5.52 Å². The van der Waals surface area contributed by atoms with Gasteiger partial charge < -0.3 is 11.1 Å². The Morgan fingerprint density at radius 3 is 2.71 bits per heavy atom. The number of imidazole rings is 1. The number of nitrogens with one attached hydrogen (secondary N) is 1. The highest BCUT2D eigenvalue weighted by Gasteiger charge is 2.23. The number of halogens is 1. The van der Waals surface area contributed by atoms with Crippen LogP contribution in [-0.4, -0.2) is 42.6 Å². The van der Waals surface area contributed by atoms with E-state index in [1.54, 1.807) is 31.3 Å². The maximum atomic E-state index is 12.1. The zero-order valence-corrected chi connectivity index (χ0v) is 13.2. The highest BCUT2D eigenvalue weighted by molar-refractivity contribution is 7.90. The molecule has 1 amide bonds. The molecule has 0 aliphatic rings. The predicted octanol–water partition coefficient (Wildman–Crippen LogP) is 0.237. The van der Waals surface area contributed by atoms with Crippen LogP contribution < -0.4 is 11.1 Å². The molecule has 0 bridgehead atoms. The van der Waals surface area contributed by atoms with E-state index >= 15 is 0 Å². The number of sulfone groups is 1. The lowest BCUT2D eigenvalue weighted by atomic mass is 10.3. The average molecular weight is 333 g/mol. The minimum atomic E-state index is -3.53. The van der Waals surface area contributed by atoms with Crippen molar-refractivity contribution in [1.29, 1.82) is 0 Å². The summed E-state index contributed by atoms with van der Waals surface area (Å²) in [5.74, 6) is -0.443. The van der Waals surface area contributed by atoms with Crippen LogP contribution in [0.4, 0.5) is 0 Å². The summed E-state index contributed by atoms with van der Waals surface area (Å²) in [4.78, 5) is 16.1. The van der Waals surface area contributed by atoms with Crippen LogP contribution in [-0.2, 0) is 9.84 Å². The molecule has 2 heterocycles. The van der Waals surface area contributed by atoms with E-state index in [2.05, 4.69) is 10.3 Å². The summed E-state index contributed by atoms with van der Waals surface area (Å²) in [6.07, 6.45) is 2.61. The van der Waals surface area contributed by atoms with Gasteiger partial charge in [0.25, 0.3) is 5.91 Å². The Morgan fingerprint density at radius 2 is 2.14 bits per heavy atom. The van der Waals surface area contributed by atoms with Crippen LogP contribution in [0.3, 0.4) is 0 Å². The molecule has 0 saturated heterocycles. The number of aromatic nitrogens is 2. The molecule has 0 aliphatic carbocycles. The molecule has 9 heteroatoms. The first-order chi connectivity index (χ1) is 9.34. The van der Waals surface area contributed by atoms with Crippen molar-refractivity contribution in [2.24, 2.45) is 5.73 Å². The van der Waals surface area contributed by atoms with Crippen molar-refractivity contribution < 1.29 is 13.2 Å². The molecule has 3 N–H and O–H groups in total. The van der Waals surface area contributed by atoms with Gasteiger partial charge >= 0.3 is 0 Å². The van der Waals surface area contributed by atoms with Crippen LogP contribution in [0.1, 0.15) is 17.4 Å². The van der Waals surface area contributed by atoms with E-state index in [4.69, 9.17) is 5.73 Å². The van der Waals surface area contributed by atoms with Crippen molar-refractivity contribution in [1.82, 2.24) is 14.7 Å². The van der Waals surface area contributed by atoms with Gasteiger partial charge in [0.05, 0.1) is 5.52 Å². The molecular weight excluding hydrogens is 316 g/mol. The first-order valence-corrected chi connectivity index (χ1v) is 7.92. The van der Waals surface area contributed by atoms with Gasteiger partial charge in [-0.05, 0) is 19.1 Å². The van der Waals surface area contributed by atoms with Crippen molar-refractivity contribution in [2.75, 3.05) is 12.8 Å². The third-order valence-electron chi connectivity index (χ3n) is 2.79. The number of hydrogen-bond donors (Lipinski definition) is 2. The number of amides is 1. The van der Waals surface area contributed by atoms with Gasteiger partial charge in [0.15, 0.2) is 5.69 Å². The zero-order chi connectivity index (χ0) is 14.9. The molecule has 0 aromatic carbocycles. The highest BCUT2D eigenvalue weighted by Crippen LogP contribution is 2.16. The van der Waals surface area contributed by atoms with Gasteiger partial charge in [0, 0.05) is 25.0 Å². The van der Waals surface area contributed by atoms with Crippen molar-refractivity contribution in [3.8, 4) is 0 Å². The molecule has 0 fully saturated rings. The third-order valence-corrected chi connectivity index (χ3v) is 3.75. The third kappa shape index (κ3) is 3.52. The van der Waals surface area contributed by atoms with Crippen LogP contribution in [0, 0.1) is 0 Å². The Labute approximate surface area is 128 Å². The number of rotatable bonds is 4. The number of pyridine rings is 1. The molecular formula is C12H17ClN4O3S. The van der Waals surface area contributed by atoms with Gasteiger partial charge in [-0.1, -0.05) is 6.07 Å². The van der Waals surface area contributed by atoms with Crippen LogP contribution in [0.2, 0.25) is 0 Å². The maximum absolute atomic E-state index is 12.1. The van der Waals surface area contributed by atoms with E-state index < -0.39 is 15.7 Å².